The molecule has 2 aliphatic rings. The molecule has 0 aliphatic carbocycles. The van der Waals surface area contributed by atoms with Crippen molar-refractivity contribution in [3.05, 3.63) is 0 Å². The molecule has 7 heteroatoms. The highest BCUT2D eigenvalue weighted by Gasteiger charge is 2.47. The molecule has 2 heterocycles. The first-order valence-corrected chi connectivity index (χ1v) is 8.60. The van der Waals surface area contributed by atoms with Crippen LogP contribution in [0.25, 0.3) is 0 Å². The van der Waals surface area contributed by atoms with E-state index in [1.54, 1.807) is 37.4 Å². The molecule has 3 N–H and O–H groups in total. The Morgan fingerprint density at radius 3 is 2.47 bits per heavy atom. The predicted molar refractivity (Wildman–Crippen MR) is 76.2 cm³/mol. The maximum absolute atomic E-state index is 10.5. The Morgan fingerprint density at radius 2 is 1.89 bits per heavy atom. The van der Waals surface area contributed by atoms with Gasteiger partial charge in [0.1, 0.15) is 24.4 Å². The minimum atomic E-state index is -1.02. The van der Waals surface area contributed by atoms with Gasteiger partial charge < -0.3 is 24.8 Å². The second-order valence-electron chi connectivity index (χ2n) is 5.27. The third-order valence-electron chi connectivity index (χ3n) is 3.22. The van der Waals surface area contributed by atoms with Crippen LogP contribution in [0.5, 0.6) is 0 Å². The second kappa shape index (κ2) is 6.51. The summed E-state index contributed by atoms with van der Waals surface area (Å²) in [5.74, 6) is 1.12. The lowest BCUT2D eigenvalue weighted by Gasteiger charge is -2.46. The fourth-order valence-corrected chi connectivity index (χ4v) is 5.28. The summed E-state index contributed by atoms with van der Waals surface area (Å²) in [5.41, 5.74) is 0. The van der Waals surface area contributed by atoms with Crippen LogP contribution in [0.1, 0.15) is 20.3 Å². The van der Waals surface area contributed by atoms with Crippen molar-refractivity contribution in [3.8, 4) is 0 Å². The van der Waals surface area contributed by atoms with Crippen molar-refractivity contribution in [3.63, 3.8) is 0 Å². The molecule has 0 spiro atoms. The summed E-state index contributed by atoms with van der Waals surface area (Å²) >= 11 is 3.39. The molecular formula is C12H22O5S2. The van der Waals surface area contributed by atoms with Gasteiger partial charge in [0.05, 0.1) is 11.2 Å². The Bertz CT molecular complexity index is 296. The quantitative estimate of drug-likeness (QED) is 0.697. The summed E-state index contributed by atoms with van der Waals surface area (Å²) in [5, 5.41) is 29.9. The number of aliphatic hydroxyl groups excluding tert-OH is 3. The zero-order chi connectivity index (χ0) is 14.0. The first kappa shape index (κ1) is 15.9. The molecule has 19 heavy (non-hydrogen) atoms. The Morgan fingerprint density at radius 1 is 1.26 bits per heavy atom. The first-order chi connectivity index (χ1) is 8.94. The van der Waals surface area contributed by atoms with Crippen molar-refractivity contribution in [1.82, 2.24) is 0 Å². The second-order valence-corrected chi connectivity index (χ2v) is 8.06. The molecule has 5 nitrogen and oxygen atoms in total. The van der Waals surface area contributed by atoms with Crippen LogP contribution >= 0.6 is 23.5 Å². The average Bonchev–Trinajstić information content (AvgIpc) is 2.41. The van der Waals surface area contributed by atoms with E-state index in [1.165, 1.54) is 0 Å². The Balaban J connectivity index is 2.07. The van der Waals surface area contributed by atoms with Crippen molar-refractivity contribution < 1.29 is 24.8 Å². The van der Waals surface area contributed by atoms with Crippen LogP contribution in [-0.4, -0.2) is 68.2 Å². The third kappa shape index (κ3) is 3.78. The maximum atomic E-state index is 10.5. The third-order valence-corrected chi connectivity index (χ3v) is 6.30. The lowest BCUT2D eigenvalue weighted by Crippen LogP contribution is -2.60. The van der Waals surface area contributed by atoms with Gasteiger partial charge in [0.25, 0.3) is 0 Å². The van der Waals surface area contributed by atoms with E-state index in [-0.39, 0.29) is 11.2 Å². The van der Waals surface area contributed by atoms with Crippen molar-refractivity contribution in [2.24, 2.45) is 0 Å². The van der Waals surface area contributed by atoms with Gasteiger partial charge in [0.15, 0.2) is 5.79 Å². The van der Waals surface area contributed by atoms with Crippen LogP contribution in [0.2, 0.25) is 0 Å². The molecule has 0 aromatic heterocycles. The number of hydrogen-bond donors (Lipinski definition) is 3. The van der Waals surface area contributed by atoms with Crippen LogP contribution in [0.3, 0.4) is 0 Å². The van der Waals surface area contributed by atoms with E-state index in [1.807, 2.05) is 0 Å². The zero-order valence-electron chi connectivity index (χ0n) is 11.2. The largest absolute Gasteiger partial charge is 0.394 e. The molecule has 0 bridgehead atoms. The lowest BCUT2D eigenvalue weighted by molar-refractivity contribution is -0.347. The van der Waals surface area contributed by atoms with Crippen molar-refractivity contribution in [2.75, 3.05) is 18.1 Å². The van der Waals surface area contributed by atoms with Gasteiger partial charge in [-0.2, -0.15) is 0 Å². The number of ether oxygens (including phenoxy) is 2. The standard InChI is InChI=1S/C12H22O5S2/c1-12(2)16-7(6-13)8(14)10(17-12)9(15)11-18-4-3-5-19-11/h7-11,13-15H,3-6H2,1-2H3/t7-,8-,9+,10-/m1/s1. The minimum Gasteiger partial charge on any atom is -0.394 e. The van der Waals surface area contributed by atoms with Gasteiger partial charge in [-0.05, 0) is 31.8 Å². The highest BCUT2D eigenvalue weighted by molar-refractivity contribution is 8.17. The molecule has 0 radical (unpaired) electrons. The van der Waals surface area contributed by atoms with E-state index in [2.05, 4.69) is 0 Å². The van der Waals surface area contributed by atoms with Crippen LogP contribution in [0.4, 0.5) is 0 Å². The smallest absolute Gasteiger partial charge is 0.164 e. The van der Waals surface area contributed by atoms with E-state index in [0.29, 0.717) is 0 Å². The van der Waals surface area contributed by atoms with Gasteiger partial charge in [-0.3, -0.25) is 0 Å². The van der Waals surface area contributed by atoms with Crippen LogP contribution in [-0.2, 0) is 9.47 Å². The SMILES string of the molecule is CC1(C)O[C@@H]([C@H](O)C2SCCCS2)[C@H](O)[C@@H](CO)O1. The Hall–Kier alpha value is 0.500. The molecule has 2 rings (SSSR count). The van der Waals surface area contributed by atoms with Crippen LogP contribution < -0.4 is 0 Å². The van der Waals surface area contributed by atoms with E-state index in [0.717, 1.165) is 17.9 Å². The molecule has 0 unspecified atom stereocenters. The molecule has 0 saturated carbocycles. The first-order valence-electron chi connectivity index (χ1n) is 6.50. The monoisotopic (exact) mass is 310 g/mol. The van der Waals surface area contributed by atoms with Gasteiger partial charge in [0, 0.05) is 0 Å². The fourth-order valence-electron chi connectivity index (χ4n) is 2.35. The molecule has 4 atom stereocenters. The van der Waals surface area contributed by atoms with Gasteiger partial charge in [-0.25, -0.2) is 0 Å². The number of hydrogen-bond acceptors (Lipinski definition) is 7. The highest BCUT2D eigenvalue weighted by Crippen LogP contribution is 2.38. The topological polar surface area (TPSA) is 79.2 Å². The van der Waals surface area contributed by atoms with E-state index < -0.39 is 30.2 Å². The highest BCUT2D eigenvalue weighted by atomic mass is 32.2. The molecule has 0 amide bonds. The molecule has 2 fully saturated rings. The normalized spacial score (nSPS) is 38.1. The molecule has 2 aliphatic heterocycles. The number of thioether (sulfide) groups is 2. The Labute approximate surface area is 122 Å². The fraction of sp³-hybridized carbons (Fsp3) is 1.00. The summed E-state index contributed by atoms with van der Waals surface area (Å²) < 4.78 is 11.1. The zero-order valence-corrected chi connectivity index (χ0v) is 12.8. The summed E-state index contributed by atoms with van der Waals surface area (Å²) in [7, 11) is 0. The number of aliphatic hydroxyl groups is 3. The average molecular weight is 310 g/mol. The van der Waals surface area contributed by atoms with Crippen molar-refractivity contribution in [2.45, 2.75) is 55.1 Å². The van der Waals surface area contributed by atoms with Crippen LogP contribution in [0, 0.1) is 0 Å². The Kier molecular flexibility index (Phi) is 5.44. The van der Waals surface area contributed by atoms with E-state index in [4.69, 9.17) is 9.47 Å². The van der Waals surface area contributed by atoms with Gasteiger partial charge in [-0.1, -0.05) is 0 Å². The summed E-state index contributed by atoms with van der Waals surface area (Å²) in [6.07, 6.45) is -2.11. The van der Waals surface area contributed by atoms with Gasteiger partial charge >= 0.3 is 0 Å². The maximum Gasteiger partial charge on any atom is 0.164 e. The van der Waals surface area contributed by atoms with E-state index >= 15 is 0 Å². The molecule has 2 saturated heterocycles. The van der Waals surface area contributed by atoms with Crippen molar-refractivity contribution in [1.29, 1.82) is 0 Å². The van der Waals surface area contributed by atoms with E-state index in [9.17, 15) is 15.3 Å². The molecule has 0 aromatic carbocycles. The molecular weight excluding hydrogens is 288 g/mol. The minimum absolute atomic E-state index is 0.00152. The predicted octanol–water partition coefficient (Wildman–Crippen LogP) is 0.417. The lowest BCUT2D eigenvalue weighted by atomic mass is 10.0. The molecule has 0 aromatic rings. The van der Waals surface area contributed by atoms with Crippen molar-refractivity contribution >= 4 is 23.5 Å². The summed E-state index contributed by atoms with van der Waals surface area (Å²) in [4.78, 5) is 0. The summed E-state index contributed by atoms with van der Waals surface area (Å²) in [6, 6.07) is 0. The van der Waals surface area contributed by atoms with Gasteiger partial charge in [-0.15, -0.1) is 23.5 Å². The van der Waals surface area contributed by atoms with Crippen LogP contribution in [0.15, 0.2) is 0 Å². The molecule has 112 valence electrons. The van der Waals surface area contributed by atoms with Gasteiger partial charge in [0.2, 0.25) is 0 Å². The number of rotatable bonds is 3. The summed E-state index contributed by atoms with van der Waals surface area (Å²) in [6.45, 7) is 3.16.